The molecule has 7 heteroatoms. The van der Waals surface area contributed by atoms with E-state index in [1.165, 1.54) is 0 Å². The summed E-state index contributed by atoms with van der Waals surface area (Å²) in [5, 5.41) is 0. The van der Waals surface area contributed by atoms with Crippen molar-refractivity contribution in [1.82, 2.24) is 19.9 Å². The lowest BCUT2D eigenvalue weighted by Gasteiger charge is -2.31. The predicted molar refractivity (Wildman–Crippen MR) is 69.4 cm³/mol. The Hall–Kier alpha value is -1.47. The van der Waals surface area contributed by atoms with Crippen molar-refractivity contribution in [3.63, 3.8) is 0 Å². The average Bonchev–Trinajstić information content (AvgIpc) is 2.38. The predicted octanol–water partition coefficient (Wildman–Crippen LogP) is -0.0870. The summed E-state index contributed by atoms with van der Waals surface area (Å²) >= 11 is 0. The molecule has 1 aliphatic heterocycles. The van der Waals surface area contributed by atoms with E-state index < -0.39 is 0 Å². The lowest BCUT2D eigenvalue weighted by atomic mass is 10.2. The van der Waals surface area contributed by atoms with Gasteiger partial charge in [-0.15, -0.1) is 0 Å². The van der Waals surface area contributed by atoms with E-state index in [1.807, 2.05) is 19.0 Å². The molecule has 0 spiro atoms. The van der Waals surface area contributed by atoms with Crippen molar-refractivity contribution in [2.75, 3.05) is 51.0 Å². The van der Waals surface area contributed by atoms with Gasteiger partial charge in [-0.05, 0) is 6.92 Å². The number of hydrogen-bond donors (Lipinski definition) is 1. The molecule has 100 valence electrons. The Morgan fingerprint density at radius 1 is 1.22 bits per heavy atom. The van der Waals surface area contributed by atoms with Gasteiger partial charge in [-0.1, -0.05) is 0 Å². The zero-order valence-corrected chi connectivity index (χ0v) is 11.1. The van der Waals surface area contributed by atoms with Crippen LogP contribution in [-0.2, 0) is 4.74 Å². The summed E-state index contributed by atoms with van der Waals surface area (Å²) < 4.78 is 5.34. The van der Waals surface area contributed by atoms with Crippen LogP contribution in [0.2, 0.25) is 0 Å². The molecular weight excluding hydrogens is 232 g/mol. The second-order valence-electron chi connectivity index (χ2n) is 4.57. The zero-order chi connectivity index (χ0) is 13.1. The lowest BCUT2D eigenvalue weighted by molar-refractivity contribution is 0.0182. The largest absolute Gasteiger partial charge is 0.379 e. The highest BCUT2D eigenvalue weighted by Crippen LogP contribution is 2.19. The summed E-state index contributed by atoms with van der Waals surface area (Å²) in [6, 6.07) is 0.123. The van der Waals surface area contributed by atoms with Gasteiger partial charge in [-0.25, -0.2) is 0 Å². The maximum atomic E-state index is 5.73. The van der Waals surface area contributed by atoms with Crippen LogP contribution in [0.15, 0.2) is 0 Å². The normalized spacial score (nSPS) is 18.6. The quantitative estimate of drug-likeness (QED) is 0.805. The summed E-state index contributed by atoms with van der Waals surface area (Å²) in [5.74, 6) is 1.58. The molecule has 2 heterocycles. The van der Waals surface area contributed by atoms with Crippen LogP contribution < -0.4 is 10.6 Å². The molecule has 18 heavy (non-hydrogen) atoms. The van der Waals surface area contributed by atoms with Gasteiger partial charge in [-0.2, -0.15) is 15.0 Å². The fourth-order valence-corrected chi connectivity index (χ4v) is 1.91. The number of ether oxygens (including phenoxy) is 1. The number of morpholine rings is 1. The number of rotatable bonds is 3. The van der Waals surface area contributed by atoms with Gasteiger partial charge in [0.2, 0.25) is 11.9 Å². The Kier molecular flexibility index (Phi) is 3.93. The van der Waals surface area contributed by atoms with Crippen LogP contribution in [0.5, 0.6) is 0 Å². The first-order chi connectivity index (χ1) is 8.58. The summed E-state index contributed by atoms with van der Waals surface area (Å²) in [6.45, 7) is 5.38. The Bertz CT molecular complexity index is 405. The summed E-state index contributed by atoms with van der Waals surface area (Å²) in [6.07, 6.45) is 0. The minimum Gasteiger partial charge on any atom is -0.379 e. The molecule has 0 aliphatic carbocycles. The first-order valence-corrected chi connectivity index (χ1v) is 6.08. The fraction of sp³-hybridized carbons (Fsp3) is 0.727. The summed E-state index contributed by atoms with van der Waals surface area (Å²) in [4.78, 5) is 16.9. The van der Waals surface area contributed by atoms with E-state index in [0.29, 0.717) is 11.8 Å². The molecule has 1 aromatic rings. The van der Waals surface area contributed by atoms with Crippen LogP contribution in [0.3, 0.4) is 0 Å². The molecule has 2 N–H and O–H groups in total. The van der Waals surface area contributed by atoms with E-state index >= 15 is 0 Å². The van der Waals surface area contributed by atoms with Crippen molar-refractivity contribution in [2.45, 2.75) is 13.0 Å². The van der Waals surface area contributed by atoms with Crippen LogP contribution >= 0.6 is 0 Å². The highest BCUT2D eigenvalue weighted by Gasteiger charge is 2.22. The SMILES string of the molecule is CC(c1nc(N)nc(N(C)C)n1)N1CCOCC1. The Labute approximate surface area is 107 Å². The molecule has 7 nitrogen and oxygen atoms in total. The molecule has 1 atom stereocenters. The first kappa shape index (κ1) is 13.0. The number of hydrogen-bond acceptors (Lipinski definition) is 7. The fourth-order valence-electron chi connectivity index (χ4n) is 1.91. The molecule has 0 radical (unpaired) electrons. The van der Waals surface area contributed by atoms with E-state index in [0.717, 1.165) is 26.3 Å². The minimum atomic E-state index is 0.123. The van der Waals surface area contributed by atoms with Gasteiger partial charge in [0.15, 0.2) is 5.82 Å². The van der Waals surface area contributed by atoms with Gasteiger partial charge in [0, 0.05) is 27.2 Å². The van der Waals surface area contributed by atoms with Crippen molar-refractivity contribution in [3.8, 4) is 0 Å². The molecular formula is C11H20N6O. The monoisotopic (exact) mass is 252 g/mol. The number of nitrogen functional groups attached to an aromatic ring is 1. The van der Waals surface area contributed by atoms with Gasteiger partial charge in [0.25, 0.3) is 0 Å². The molecule has 1 aromatic heterocycles. The Morgan fingerprint density at radius 2 is 1.89 bits per heavy atom. The minimum absolute atomic E-state index is 0.123. The third-order valence-electron chi connectivity index (χ3n) is 3.03. The molecule has 0 saturated carbocycles. The number of nitrogens with zero attached hydrogens (tertiary/aromatic N) is 5. The van der Waals surface area contributed by atoms with Crippen LogP contribution in [0.4, 0.5) is 11.9 Å². The Morgan fingerprint density at radius 3 is 2.50 bits per heavy atom. The van der Waals surface area contributed by atoms with Crippen molar-refractivity contribution in [2.24, 2.45) is 0 Å². The Balaban J connectivity index is 2.20. The zero-order valence-electron chi connectivity index (χ0n) is 11.1. The van der Waals surface area contributed by atoms with E-state index in [9.17, 15) is 0 Å². The second kappa shape index (κ2) is 5.45. The molecule has 0 amide bonds. The van der Waals surface area contributed by atoms with E-state index in [2.05, 4.69) is 26.8 Å². The molecule has 1 fully saturated rings. The van der Waals surface area contributed by atoms with Gasteiger partial charge >= 0.3 is 0 Å². The highest BCUT2D eigenvalue weighted by molar-refractivity contribution is 5.33. The van der Waals surface area contributed by atoms with Gasteiger partial charge < -0.3 is 15.4 Å². The van der Waals surface area contributed by atoms with Crippen LogP contribution in [0, 0.1) is 0 Å². The summed E-state index contributed by atoms with van der Waals surface area (Å²) in [5.41, 5.74) is 5.73. The highest BCUT2D eigenvalue weighted by atomic mass is 16.5. The second-order valence-corrected chi connectivity index (χ2v) is 4.57. The lowest BCUT2D eigenvalue weighted by Crippen LogP contribution is -2.38. The molecule has 2 rings (SSSR count). The number of nitrogens with two attached hydrogens (primary N) is 1. The average molecular weight is 252 g/mol. The molecule has 1 aliphatic rings. The van der Waals surface area contributed by atoms with Crippen molar-refractivity contribution < 1.29 is 4.74 Å². The molecule has 0 aromatic carbocycles. The van der Waals surface area contributed by atoms with Crippen LogP contribution in [0.1, 0.15) is 18.8 Å². The van der Waals surface area contributed by atoms with E-state index in [1.54, 1.807) is 0 Å². The smallest absolute Gasteiger partial charge is 0.229 e. The molecule has 0 bridgehead atoms. The maximum absolute atomic E-state index is 5.73. The standard InChI is InChI=1S/C11H20N6O/c1-8(17-4-6-18-7-5-17)9-13-10(12)15-11(14-9)16(2)3/h8H,4-7H2,1-3H3,(H2,12,13,14,15). The molecule has 1 saturated heterocycles. The summed E-state index contributed by atoms with van der Waals surface area (Å²) in [7, 11) is 3.77. The molecule has 1 unspecified atom stereocenters. The number of anilines is 2. The van der Waals surface area contributed by atoms with Crippen molar-refractivity contribution in [1.29, 1.82) is 0 Å². The maximum Gasteiger partial charge on any atom is 0.229 e. The van der Waals surface area contributed by atoms with Gasteiger partial charge in [0.1, 0.15) is 0 Å². The van der Waals surface area contributed by atoms with Crippen LogP contribution in [-0.4, -0.2) is 60.3 Å². The van der Waals surface area contributed by atoms with Gasteiger partial charge in [-0.3, -0.25) is 4.90 Å². The number of aromatic nitrogens is 3. The topological polar surface area (TPSA) is 80.4 Å². The third kappa shape index (κ3) is 2.85. The van der Waals surface area contributed by atoms with Crippen molar-refractivity contribution >= 4 is 11.9 Å². The third-order valence-corrected chi connectivity index (χ3v) is 3.03. The van der Waals surface area contributed by atoms with E-state index in [-0.39, 0.29) is 12.0 Å². The van der Waals surface area contributed by atoms with Crippen molar-refractivity contribution in [3.05, 3.63) is 5.82 Å². The van der Waals surface area contributed by atoms with Gasteiger partial charge in [0.05, 0.1) is 19.3 Å². The van der Waals surface area contributed by atoms with E-state index in [4.69, 9.17) is 10.5 Å². The first-order valence-electron chi connectivity index (χ1n) is 6.08. The van der Waals surface area contributed by atoms with Crippen LogP contribution in [0.25, 0.3) is 0 Å².